The van der Waals surface area contributed by atoms with E-state index in [-0.39, 0.29) is 23.7 Å². The number of carbonyl (C=O) groups is 2. The minimum atomic E-state index is -0.312. The van der Waals surface area contributed by atoms with Crippen molar-refractivity contribution >= 4 is 40.6 Å². The molecule has 3 rings (SSSR count). The first-order chi connectivity index (χ1) is 13.5. The van der Waals surface area contributed by atoms with E-state index in [1.165, 1.54) is 6.07 Å². The Bertz CT molecular complexity index is 1020. The Morgan fingerprint density at radius 2 is 1.64 bits per heavy atom. The highest BCUT2D eigenvalue weighted by Crippen LogP contribution is 2.26. The van der Waals surface area contributed by atoms with Crippen LogP contribution in [0.5, 0.6) is 5.75 Å². The van der Waals surface area contributed by atoms with Gasteiger partial charge in [0.2, 0.25) is 5.91 Å². The van der Waals surface area contributed by atoms with Gasteiger partial charge in [-0.05, 0) is 48.0 Å². The molecule has 0 aliphatic carbocycles. The smallest absolute Gasteiger partial charge is 0.228 e. The largest absolute Gasteiger partial charge is 0.497 e. The van der Waals surface area contributed by atoms with Gasteiger partial charge in [0.25, 0.3) is 0 Å². The van der Waals surface area contributed by atoms with Crippen molar-refractivity contribution in [3.63, 3.8) is 0 Å². The van der Waals surface area contributed by atoms with Crippen molar-refractivity contribution in [1.82, 2.24) is 0 Å². The van der Waals surface area contributed by atoms with Crippen LogP contribution in [0.3, 0.4) is 0 Å². The fourth-order valence-corrected chi connectivity index (χ4v) is 3.12. The predicted molar refractivity (Wildman–Crippen MR) is 112 cm³/mol. The summed E-state index contributed by atoms with van der Waals surface area (Å²) in [5.74, 6) is 0.156. The summed E-state index contributed by atoms with van der Waals surface area (Å²) < 4.78 is 5.11. The summed E-state index contributed by atoms with van der Waals surface area (Å²) in [6.07, 6.45) is 0.159. The number of rotatable bonds is 6. The minimum absolute atomic E-state index is 0.159. The molecule has 1 N–H and O–H groups in total. The molecule has 0 saturated carbocycles. The number of ketones is 1. The summed E-state index contributed by atoms with van der Waals surface area (Å²) in [7, 11) is 1.58. The molecule has 0 fully saturated rings. The van der Waals surface area contributed by atoms with Gasteiger partial charge in [-0.15, -0.1) is 0 Å². The molecule has 0 unspecified atom stereocenters. The van der Waals surface area contributed by atoms with Crippen molar-refractivity contribution in [2.75, 3.05) is 12.4 Å². The molecule has 4 nitrogen and oxygen atoms in total. The lowest BCUT2D eigenvalue weighted by atomic mass is 10.0. The van der Waals surface area contributed by atoms with Gasteiger partial charge in [0.1, 0.15) is 5.75 Å². The molecule has 0 spiro atoms. The molecule has 3 aromatic carbocycles. The second-order valence-electron chi connectivity index (χ2n) is 6.07. The van der Waals surface area contributed by atoms with E-state index in [4.69, 9.17) is 27.9 Å². The first kappa shape index (κ1) is 19.9. The van der Waals surface area contributed by atoms with Crippen LogP contribution in [0.2, 0.25) is 10.0 Å². The monoisotopic (exact) mass is 413 g/mol. The molecule has 0 aromatic heterocycles. The molecule has 0 saturated heterocycles. The lowest BCUT2D eigenvalue weighted by Crippen LogP contribution is -2.17. The van der Waals surface area contributed by atoms with Crippen molar-refractivity contribution in [1.29, 1.82) is 0 Å². The van der Waals surface area contributed by atoms with Crippen LogP contribution in [0.1, 0.15) is 21.5 Å². The average Bonchev–Trinajstić information content (AvgIpc) is 2.70. The molecule has 6 heteroatoms. The number of amides is 1. The molecule has 1 amide bonds. The van der Waals surface area contributed by atoms with Crippen molar-refractivity contribution < 1.29 is 14.3 Å². The third-order valence-electron chi connectivity index (χ3n) is 4.14. The van der Waals surface area contributed by atoms with Crippen molar-refractivity contribution in [2.24, 2.45) is 0 Å². The Kier molecular flexibility index (Phi) is 6.34. The first-order valence-electron chi connectivity index (χ1n) is 8.49. The number of methoxy groups -OCH3 is 1. The zero-order chi connectivity index (χ0) is 20.1. The minimum Gasteiger partial charge on any atom is -0.497 e. The van der Waals surface area contributed by atoms with Crippen LogP contribution in [-0.4, -0.2) is 18.8 Å². The van der Waals surface area contributed by atoms with Crippen LogP contribution in [0.15, 0.2) is 66.7 Å². The summed E-state index contributed by atoms with van der Waals surface area (Å²) in [4.78, 5) is 25.4. The summed E-state index contributed by atoms with van der Waals surface area (Å²) in [5.41, 5.74) is 1.83. The fraction of sp³-hybridized carbons (Fsp3) is 0.0909. The van der Waals surface area contributed by atoms with Crippen molar-refractivity contribution in [3.05, 3.63) is 93.5 Å². The standard InChI is InChI=1S/C22H17Cl2NO3/c1-28-16-9-6-14(7-10-16)12-21(26)25-20-11-8-15(23)13-18(20)22(27)17-4-2-3-5-19(17)24/h2-11,13H,12H2,1H3,(H,25,26). The summed E-state index contributed by atoms with van der Waals surface area (Å²) in [5, 5.41) is 3.52. The van der Waals surface area contributed by atoms with E-state index in [1.807, 2.05) is 12.1 Å². The molecule has 0 aliphatic heterocycles. The molecular formula is C22H17Cl2NO3. The lowest BCUT2D eigenvalue weighted by molar-refractivity contribution is -0.115. The van der Waals surface area contributed by atoms with E-state index in [9.17, 15) is 9.59 Å². The van der Waals surface area contributed by atoms with E-state index in [2.05, 4.69) is 5.32 Å². The van der Waals surface area contributed by atoms with Gasteiger partial charge in [0.15, 0.2) is 5.78 Å². The molecule has 142 valence electrons. The Balaban J connectivity index is 1.83. The van der Waals surface area contributed by atoms with Crippen molar-refractivity contribution in [2.45, 2.75) is 6.42 Å². The number of hydrogen-bond acceptors (Lipinski definition) is 3. The molecular weight excluding hydrogens is 397 g/mol. The molecule has 0 radical (unpaired) electrons. The maximum absolute atomic E-state index is 12.9. The Labute approximate surface area is 173 Å². The van der Waals surface area contributed by atoms with Gasteiger partial charge in [-0.2, -0.15) is 0 Å². The maximum atomic E-state index is 12.9. The van der Waals surface area contributed by atoms with E-state index < -0.39 is 0 Å². The Morgan fingerprint density at radius 1 is 0.929 bits per heavy atom. The van der Waals surface area contributed by atoms with E-state index in [0.29, 0.717) is 21.3 Å². The quantitative estimate of drug-likeness (QED) is 0.549. The van der Waals surface area contributed by atoms with Crippen LogP contribution < -0.4 is 10.1 Å². The Morgan fingerprint density at radius 3 is 2.32 bits per heavy atom. The third-order valence-corrected chi connectivity index (χ3v) is 4.71. The van der Waals surface area contributed by atoms with Crippen LogP contribution >= 0.6 is 23.2 Å². The molecule has 3 aromatic rings. The highest BCUT2D eigenvalue weighted by Gasteiger charge is 2.18. The normalized spacial score (nSPS) is 10.4. The van der Waals surface area contributed by atoms with Gasteiger partial charge in [-0.3, -0.25) is 9.59 Å². The average molecular weight is 414 g/mol. The van der Waals surface area contributed by atoms with E-state index >= 15 is 0 Å². The highest BCUT2D eigenvalue weighted by atomic mass is 35.5. The second kappa shape index (κ2) is 8.91. The van der Waals surface area contributed by atoms with Crippen LogP contribution in [0, 0.1) is 0 Å². The number of benzene rings is 3. The van der Waals surface area contributed by atoms with Crippen LogP contribution in [0.25, 0.3) is 0 Å². The summed E-state index contributed by atoms with van der Waals surface area (Å²) >= 11 is 12.2. The molecule has 0 aliphatic rings. The number of carbonyl (C=O) groups excluding carboxylic acids is 2. The first-order valence-corrected chi connectivity index (χ1v) is 9.25. The Hall–Kier alpha value is -2.82. The number of nitrogens with one attached hydrogen (secondary N) is 1. The summed E-state index contributed by atoms with van der Waals surface area (Å²) in [6.45, 7) is 0. The van der Waals surface area contributed by atoms with Gasteiger partial charge in [-0.1, -0.05) is 47.5 Å². The van der Waals surface area contributed by atoms with Gasteiger partial charge in [-0.25, -0.2) is 0 Å². The van der Waals surface area contributed by atoms with E-state index in [1.54, 1.807) is 55.6 Å². The lowest BCUT2D eigenvalue weighted by Gasteiger charge is -2.12. The van der Waals surface area contributed by atoms with Gasteiger partial charge in [0, 0.05) is 16.1 Å². The highest BCUT2D eigenvalue weighted by molar-refractivity contribution is 6.36. The van der Waals surface area contributed by atoms with E-state index in [0.717, 1.165) is 11.3 Å². The number of ether oxygens (including phenoxy) is 1. The molecule has 0 heterocycles. The second-order valence-corrected chi connectivity index (χ2v) is 6.92. The van der Waals surface area contributed by atoms with Gasteiger partial charge in [0.05, 0.1) is 24.2 Å². The summed E-state index contributed by atoms with van der Waals surface area (Å²) in [6, 6.07) is 18.7. The molecule has 0 bridgehead atoms. The zero-order valence-corrected chi connectivity index (χ0v) is 16.6. The maximum Gasteiger partial charge on any atom is 0.228 e. The number of halogens is 2. The number of hydrogen-bond donors (Lipinski definition) is 1. The van der Waals surface area contributed by atoms with Crippen molar-refractivity contribution in [3.8, 4) is 5.75 Å². The van der Waals surface area contributed by atoms with Gasteiger partial charge < -0.3 is 10.1 Å². The van der Waals surface area contributed by atoms with Crippen LogP contribution in [-0.2, 0) is 11.2 Å². The zero-order valence-electron chi connectivity index (χ0n) is 15.0. The number of anilines is 1. The van der Waals surface area contributed by atoms with Gasteiger partial charge >= 0.3 is 0 Å². The topological polar surface area (TPSA) is 55.4 Å². The SMILES string of the molecule is COc1ccc(CC(=O)Nc2ccc(Cl)cc2C(=O)c2ccccc2Cl)cc1. The fourth-order valence-electron chi connectivity index (χ4n) is 2.73. The molecule has 28 heavy (non-hydrogen) atoms. The van der Waals surface area contributed by atoms with Crippen LogP contribution in [0.4, 0.5) is 5.69 Å². The third kappa shape index (κ3) is 4.71. The predicted octanol–water partition coefficient (Wildman–Crippen LogP) is 5.41. The molecule has 0 atom stereocenters.